The maximum Gasteiger partial charge on any atom is 0.155 e. The molecule has 0 aromatic rings. The molecular weight excluding hydrogens is 172 g/mol. The zero-order valence-electron chi connectivity index (χ0n) is 9.09. The van der Waals surface area contributed by atoms with Gasteiger partial charge in [-0.25, -0.2) is 0 Å². The average Bonchev–Trinajstić information content (AvgIpc) is 2.25. The molecule has 0 aliphatic heterocycles. The molecule has 78 valence electrons. The fourth-order valence-electron chi connectivity index (χ4n) is 1.65. The van der Waals surface area contributed by atoms with Crippen molar-refractivity contribution in [3.05, 3.63) is 23.8 Å². The third-order valence-electron chi connectivity index (χ3n) is 2.59. The number of carbonyl (C=O) groups excluding carboxylic acids is 1. The first kappa shape index (κ1) is 11.2. The molecule has 1 aliphatic carbocycles. The van der Waals surface area contributed by atoms with Crippen LogP contribution in [0.25, 0.3) is 0 Å². The van der Waals surface area contributed by atoms with Gasteiger partial charge in [0, 0.05) is 6.42 Å². The van der Waals surface area contributed by atoms with Crippen LogP contribution in [0.5, 0.6) is 0 Å². The van der Waals surface area contributed by atoms with Gasteiger partial charge in [-0.3, -0.25) is 4.79 Å². The fraction of sp³-hybridized carbons (Fsp3) is 0.615. The van der Waals surface area contributed by atoms with Crippen molar-refractivity contribution in [2.24, 2.45) is 0 Å². The van der Waals surface area contributed by atoms with Crippen molar-refractivity contribution in [1.29, 1.82) is 0 Å². The molecule has 0 fully saturated rings. The van der Waals surface area contributed by atoms with Gasteiger partial charge in [0.15, 0.2) is 5.78 Å². The van der Waals surface area contributed by atoms with Gasteiger partial charge in [0.05, 0.1) is 0 Å². The van der Waals surface area contributed by atoms with Gasteiger partial charge in [0.2, 0.25) is 0 Å². The molecule has 0 spiro atoms. The Morgan fingerprint density at radius 1 is 1.50 bits per heavy atom. The van der Waals surface area contributed by atoms with Gasteiger partial charge in [-0.1, -0.05) is 31.1 Å². The topological polar surface area (TPSA) is 17.1 Å². The Hall–Kier alpha value is -0.850. The molecule has 1 nitrogen and oxygen atoms in total. The Labute approximate surface area is 86.9 Å². The summed E-state index contributed by atoms with van der Waals surface area (Å²) in [5.74, 6) is 0.276. The SMILES string of the molecule is CCCCC(=O)/C=C/C1=CCCCC1. The van der Waals surface area contributed by atoms with E-state index in [9.17, 15) is 4.79 Å². The monoisotopic (exact) mass is 192 g/mol. The van der Waals surface area contributed by atoms with Gasteiger partial charge < -0.3 is 0 Å². The lowest BCUT2D eigenvalue weighted by molar-refractivity contribution is -0.114. The smallest absolute Gasteiger partial charge is 0.155 e. The lowest BCUT2D eigenvalue weighted by Gasteiger charge is -2.07. The summed E-state index contributed by atoms with van der Waals surface area (Å²) < 4.78 is 0. The van der Waals surface area contributed by atoms with Crippen LogP contribution in [-0.4, -0.2) is 5.78 Å². The zero-order valence-corrected chi connectivity index (χ0v) is 9.09. The number of ketones is 1. The van der Waals surface area contributed by atoms with Crippen molar-refractivity contribution in [3.8, 4) is 0 Å². The lowest BCUT2D eigenvalue weighted by Crippen LogP contribution is -1.93. The Morgan fingerprint density at radius 2 is 2.36 bits per heavy atom. The molecular formula is C13H20O. The van der Waals surface area contributed by atoms with E-state index in [0.717, 1.165) is 19.3 Å². The first-order chi connectivity index (χ1) is 6.83. The van der Waals surface area contributed by atoms with Crippen LogP contribution in [-0.2, 0) is 4.79 Å². The molecule has 1 rings (SSSR count). The number of rotatable bonds is 5. The highest BCUT2D eigenvalue weighted by molar-refractivity contribution is 5.89. The highest BCUT2D eigenvalue weighted by atomic mass is 16.1. The minimum atomic E-state index is 0.276. The number of hydrogen-bond donors (Lipinski definition) is 0. The Kier molecular flexibility index (Phi) is 5.28. The molecule has 0 amide bonds. The van der Waals surface area contributed by atoms with Crippen molar-refractivity contribution in [2.45, 2.75) is 51.9 Å². The molecule has 0 atom stereocenters. The molecule has 1 heteroatoms. The van der Waals surface area contributed by atoms with Crippen molar-refractivity contribution in [1.82, 2.24) is 0 Å². The van der Waals surface area contributed by atoms with Crippen molar-refractivity contribution >= 4 is 5.78 Å². The molecule has 1 aliphatic rings. The molecule has 0 saturated heterocycles. The van der Waals surface area contributed by atoms with E-state index >= 15 is 0 Å². The van der Waals surface area contributed by atoms with Crippen LogP contribution in [0, 0.1) is 0 Å². The van der Waals surface area contributed by atoms with Gasteiger partial charge in [0.1, 0.15) is 0 Å². The Bertz CT molecular complexity index is 236. The minimum absolute atomic E-state index is 0.276. The first-order valence-corrected chi connectivity index (χ1v) is 5.73. The second-order valence-electron chi connectivity index (χ2n) is 3.93. The number of unbranched alkanes of at least 4 members (excludes halogenated alkanes) is 1. The summed E-state index contributed by atoms with van der Waals surface area (Å²) in [7, 11) is 0. The van der Waals surface area contributed by atoms with Gasteiger partial charge in [-0.2, -0.15) is 0 Å². The highest BCUT2D eigenvalue weighted by Crippen LogP contribution is 2.18. The molecule has 0 bridgehead atoms. The number of hydrogen-bond acceptors (Lipinski definition) is 1. The predicted octanol–water partition coefficient (Wildman–Crippen LogP) is 3.80. The molecule has 0 saturated carbocycles. The largest absolute Gasteiger partial charge is 0.295 e. The first-order valence-electron chi connectivity index (χ1n) is 5.73. The van der Waals surface area contributed by atoms with Gasteiger partial charge in [0.25, 0.3) is 0 Å². The van der Waals surface area contributed by atoms with Crippen LogP contribution < -0.4 is 0 Å². The Morgan fingerprint density at radius 3 is 3.00 bits per heavy atom. The van der Waals surface area contributed by atoms with Crippen LogP contribution >= 0.6 is 0 Å². The molecule has 0 unspecified atom stereocenters. The van der Waals surface area contributed by atoms with E-state index in [1.165, 1.54) is 24.8 Å². The molecule has 0 radical (unpaired) electrons. The van der Waals surface area contributed by atoms with Crippen molar-refractivity contribution in [2.75, 3.05) is 0 Å². The second kappa shape index (κ2) is 6.58. The van der Waals surface area contributed by atoms with E-state index < -0.39 is 0 Å². The highest BCUT2D eigenvalue weighted by Gasteiger charge is 2.00. The summed E-state index contributed by atoms with van der Waals surface area (Å²) in [5, 5.41) is 0. The van der Waals surface area contributed by atoms with Crippen LogP contribution in [0.3, 0.4) is 0 Å². The predicted molar refractivity (Wildman–Crippen MR) is 60.2 cm³/mol. The van der Waals surface area contributed by atoms with Crippen LogP contribution in [0.15, 0.2) is 23.8 Å². The number of carbonyl (C=O) groups is 1. The van der Waals surface area contributed by atoms with Crippen LogP contribution in [0.4, 0.5) is 0 Å². The fourth-order valence-corrected chi connectivity index (χ4v) is 1.65. The van der Waals surface area contributed by atoms with E-state index in [-0.39, 0.29) is 5.78 Å². The third-order valence-corrected chi connectivity index (χ3v) is 2.59. The van der Waals surface area contributed by atoms with Crippen molar-refractivity contribution < 1.29 is 4.79 Å². The average molecular weight is 192 g/mol. The normalized spacial score (nSPS) is 17.1. The molecule has 0 N–H and O–H groups in total. The Balaban J connectivity index is 2.30. The van der Waals surface area contributed by atoms with Crippen molar-refractivity contribution in [3.63, 3.8) is 0 Å². The molecule has 14 heavy (non-hydrogen) atoms. The molecule has 0 aromatic heterocycles. The molecule has 0 aromatic carbocycles. The minimum Gasteiger partial charge on any atom is -0.295 e. The summed E-state index contributed by atoms with van der Waals surface area (Å²) in [6, 6.07) is 0. The maximum absolute atomic E-state index is 11.3. The van der Waals surface area contributed by atoms with Gasteiger partial charge in [-0.15, -0.1) is 0 Å². The molecule has 0 heterocycles. The van der Waals surface area contributed by atoms with Crippen LogP contribution in [0.2, 0.25) is 0 Å². The van der Waals surface area contributed by atoms with E-state index in [1.807, 2.05) is 6.08 Å². The lowest BCUT2D eigenvalue weighted by atomic mass is 9.99. The third kappa shape index (κ3) is 4.40. The quantitative estimate of drug-likeness (QED) is 0.605. The summed E-state index contributed by atoms with van der Waals surface area (Å²) in [4.78, 5) is 11.3. The van der Waals surface area contributed by atoms with Gasteiger partial charge >= 0.3 is 0 Å². The van der Waals surface area contributed by atoms with E-state index in [2.05, 4.69) is 13.0 Å². The van der Waals surface area contributed by atoms with E-state index in [1.54, 1.807) is 6.08 Å². The second-order valence-corrected chi connectivity index (χ2v) is 3.93. The maximum atomic E-state index is 11.3. The summed E-state index contributed by atoms with van der Waals surface area (Å²) in [5.41, 5.74) is 1.35. The van der Waals surface area contributed by atoms with E-state index in [4.69, 9.17) is 0 Å². The van der Waals surface area contributed by atoms with Crippen LogP contribution in [0.1, 0.15) is 51.9 Å². The van der Waals surface area contributed by atoms with Gasteiger partial charge in [-0.05, 0) is 38.2 Å². The number of allylic oxidation sites excluding steroid dienone is 4. The standard InChI is InChI=1S/C13H20O/c1-2-3-9-13(14)11-10-12-7-5-4-6-8-12/h7,10-11H,2-6,8-9H2,1H3/b11-10+. The zero-order chi connectivity index (χ0) is 10.2. The van der Waals surface area contributed by atoms with E-state index in [0.29, 0.717) is 6.42 Å². The summed E-state index contributed by atoms with van der Waals surface area (Å²) >= 11 is 0. The summed E-state index contributed by atoms with van der Waals surface area (Å²) in [6.45, 7) is 2.11. The summed E-state index contributed by atoms with van der Waals surface area (Å²) in [6.07, 6.45) is 13.8.